The van der Waals surface area contributed by atoms with Gasteiger partial charge in [-0.2, -0.15) is 5.10 Å². The van der Waals surface area contributed by atoms with Crippen LogP contribution < -0.4 is 14.8 Å². The van der Waals surface area contributed by atoms with Crippen LogP contribution in [-0.2, 0) is 34.1 Å². The lowest BCUT2D eigenvalue weighted by Crippen LogP contribution is -2.36. The lowest BCUT2D eigenvalue weighted by molar-refractivity contribution is 0.0165. The van der Waals surface area contributed by atoms with E-state index in [0.717, 1.165) is 52.7 Å². The van der Waals surface area contributed by atoms with Crippen molar-refractivity contribution < 1.29 is 22.7 Å². The fraction of sp³-hybridized carbons (Fsp3) is 0.320. The number of pyridine rings is 1. The molecule has 192 valence electrons. The number of ether oxygens (including phenoxy) is 2. The Hall–Kier alpha value is -3.90. The topological polar surface area (TPSA) is 129 Å². The van der Waals surface area contributed by atoms with E-state index in [1.54, 1.807) is 13.3 Å². The molecule has 2 aliphatic rings. The Balaban J connectivity index is 1.33. The van der Waals surface area contributed by atoms with Gasteiger partial charge in [-0.3, -0.25) is 0 Å². The molecule has 37 heavy (non-hydrogen) atoms. The van der Waals surface area contributed by atoms with Crippen LogP contribution in [0.25, 0.3) is 16.8 Å². The van der Waals surface area contributed by atoms with Crippen molar-refractivity contribution in [1.82, 2.24) is 23.9 Å². The number of imidazole rings is 1. The zero-order valence-electron chi connectivity index (χ0n) is 20.4. The number of fused-ring (bicyclic) bond motifs is 3. The average molecular weight is 523 g/mol. The molecule has 4 heterocycles. The fourth-order valence-corrected chi connectivity index (χ4v) is 6.15. The summed E-state index contributed by atoms with van der Waals surface area (Å²) in [5.41, 5.74) is 6.29. The molecule has 0 saturated carbocycles. The van der Waals surface area contributed by atoms with Crippen molar-refractivity contribution in [3.8, 4) is 17.0 Å². The number of aryl methyl sites for hydroxylation is 2. The monoisotopic (exact) mass is 522 g/mol. The third kappa shape index (κ3) is 4.11. The molecular formula is C25H26N6O5S. The molecule has 11 nitrogen and oxygen atoms in total. The minimum Gasteiger partial charge on any atom is -0.474 e. The summed E-state index contributed by atoms with van der Waals surface area (Å²) >= 11 is 0. The Kier molecular flexibility index (Phi) is 5.64. The van der Waals surface area contributed by atoms with E-state index in [0.29, 0.717) is 12.2 Å². The Bertz CT molecular complexity index is 1640. The molecular weight excluding hydrogens is 496 g/mol. The molecule has 0 radical (unpaired) electrons. The number of benzene rings is 1. The van der Waals surface area contributed by atoms with Crippen molar-refractivity contribution in [3.05, 3.63) is 59.7 Å². The lowest BCUT2D eigenvalue weighted by atomic mass is 9.93. The van der Waals surface area contributed by atoms with Crippen LogP contribution in [0, 0.1) is 6.92 Å². The molecule has 4 aromatic rings. The van der Waals surface area contributed by atoms with E-state index in [4.69, 9.17) is 9.47 Å². The third-order valence-electron chi connectivity index (χ3n) is 6.91. The number of methoxy groups -OCH3 is 1. The molecule has 6 rings (SSSR count). The summed E-state index contributed by atoms with van der Waals surface area (Å²) in [6, 6.07) is 5.21. The summed E-state index contributed by atoms with van der Waals surface area (Å²) in [4.78, 5) is 17.3. The first-order valence-electron chi connectivity index (χ1n) is 12.0. The van der Waals surface area contributed by atoms with Crippen LogP contribution in [0.15, 0.2) is 47.9 Å². The van der Waals surface area contributed by atoms with E-state index >= 15 is 0 Å². The van der Waals surface area contributed by atoms with Crippen molar-refractivity contribution in [2.75, 3.05) is 19.0 Å². The van der Waals surface area contributed by atoms with Gasteiger partial charge in [0.25, 0.3) is 10.0 Å². The second-order valence-electron chi connectivity index (χ2n) is 9.27. The van der Waals surface area contributed by atoms with Gasteiger partial charge < -0.3 is 19.2 Å². The zero-order valence-corrected chi connectivity index (χ0v) is 21.2. The number of aromatic nitrogens is 4. The molecule has 2 N–H and O–H groups in total. The van der Waals surface area contributed by atoms with Gasteiger partial charge in [0.15, 0.2) is 4.90 Å². The molecule has 1 aliphatic heterocycles. The summed E-state index contributed by atoms with van der Waals surface area (Å²) in [6.07, 6.45) is 9.11. The minimum atomic E-state index is -4.25. The number of carbonyl (C=O) groups is 1. The first kappa shape index (κ1) is 23.5. The van der Waals surface area contributed by atoms with E-state index in [2.05, 4.69) is 26.2 Å². The van der Waals surface area contributed by atoms with Crippen LogP contribution in [-0.4, -0.2) is 53.4 Å². The lowest BCUT2D eigenvalue weighted by Gasteiger charge is -2.23. The minimum absolute atomic E-state index is 0.0822. The van der Waals surface area contributed by atoms with Crippen molar-refractivity contribution in [2.45, 2.75) is 43.7 Å². The summed E-state index contributed by atoms with van der Waals surface area (Å²) in [5.74, 6) is 0.0822. The number of nitrogens with zero attached hydrogens (tertiary/aromatic N) is 4. The van der Waals surface area contributed by atoms with Crippen molar-refractivity contribution in [2.24, 2.45) is 0 Å². The van der Waals surface area contributed by atoms with Gasteiger partial charge in [0.1, 0.15) is 18.4 Å². The van der Waals surface area contributed by atoms with Crippen LogP contribution in [0.2, 0.25) is 0 Å². The number of carbonyl (C=O) groups excluding carboxylic acids is 1. The Morgan fingerprint density at radius 2 is 2.11 bits per heavy atom. The number of rotatable bonds is 5. The molecule has 1 aromatic carbocycles. The molecule has 2 amide bonds. The Morgan fingerprint density at radius 3 is 2.95 bits per heavy atom. The van der Waals surface area contributed by atoms with Gasteiger partial charge in [-0.05, 0) is 60.6 Å². The highest BCUT2D eigenvalue weighted by atomic mass is 32.2. The van der Waals surface area contributed by atoms with E-state index in [9.17, 15) is 13.2 Å². The summed E-state index contributed by atoms with van der Waals surface area (Å²) < 4.78 is 42.6. The number of hydrogen-bond donors (Lipinski definition) is 2. The quantitative estimate of drug-likeness (QED) is 0.412. The van der Waals surface area contributed by atoms with Gasteiger partial charge in [-0.1, -0.05) is 6.07 Å². The maximum atomic E-state index is 13.1. The first-order chi connectivity index (χ1) is 17.8. The number of nitrogens with one attached hydrogen (secondary N) is 2. The SMILES string of the molecule is CO[C@@H]1COc2c(S(=O)(=O)NC(=O)Nc3c4c(cc(C)c3-c3ccn5ccnc5c3)CCC4)cnn2C1. The van der Waals surface area contributed by atoms with Gasteiger partial charge in [-0.15, -0.1) is 0 Å². The highest BCUT2D eigenvalue weighted by molar-refractivity contribution is 7.90. The molecule has 3 aromatic heterocycles. The molecule has 0 bridgehead atoms. The number of urea groups is 1. The van der Waals surface area contributed by atoms with Crippen molar-refractivity contribution in [3.63, 3.8) is 0 Å². The van der Waals surface area contributed by atoms with Crippen molar-refractivity contribution in [1.29, 1.82) is 0 Å². The number of anilines is 1. The molecule has 0 fully saturated rings. The van der Waals surface area contributed by atoms with Crippen LogP contribution in [0.5, 0.6) is 5.88 Å². The molecule has 1 atom stereocenters. The van der Waals surface area contributed by atoms with Gasteiger partial charge in [0.05, 0.1) is 18.4 Å². The highest BCUT2D eigenvalue weighted by Gasteiger charge is 2.31. The Morgan fingerprint density at radius 1 is 1.24 bits per heavy atom. The molecule has 12 heteroatoms. The molecule has 1 aliphatic carbocycles. The summed E-state index contributed by atoms with van der Waals surface area (Å²) in [5, 5.41) is 6.96. The molecule has 0 spiro atoms. The number of hydrogen-bond acceptors (Lipinski definition) is 7. The maximum absolute atomic E-state index is 13.1. The van der Waals surface area contributed by atoms with Crippen LogP contribution >= 0.6 is 0 Å². The number of sulfonamides is 1. The largest absolute Gasteiger partial charge is 0.474 e. The zero-order chi connectivity index (χ0) is 25.7. The first-order valence-corrected chi connectivity index (χ1v) is 13.5. The Labute approximate surface area is 213 Å². The van der Waals surface area contributed by atoms with Crippen LogP contribution in [0.1, 0.15) is 23.1 Å². The van der Waals surface area contributed by atoms with Crippen LogP contribution in [0.4, 0.5) is 10.5 Å². The van der Waals surface area contributed by atoms with E-state index in [1.165, 1.54) is 10.9 Å². The van der Waals surface area contributed by atoms with Gasteiger partial charge in [0, 0.05) is 31.3 Å². The van der Waals surface area contributed by atoms with E-state index in [-0.39, 0.29) is 23.5 Å². The summed E-state index contributed by atoms with van der Waals surface area (Å²) in [6.45, 7) is 2.54. The van der Waals surface area contributed by atoms with Gasteiger partial charge >= 0.3 is 6.03 Å². The molecule has 0 unspecified atom stereocenters. The second kappa shape index (κ2) is 8.89. The van der Waals surface area contributed by atoms with E-state index < -0.39 is 16.1 Å². The van der Waals surface area contributed by atoms with Gasteiger partial charge in [0.2, 0.25) is 5.88 Å². The molecule has 0 saturated heterocycles. The third-order valence-corrected chi connectivity index (χ3v) is 8.23. The summed E-state index contributed by atoms with van der Waals surface area (Å²) in [7, 11) is -2.70. The number of amides is 2. The second-order valence-corrected chi connectivity index (χ2v) is 10.9. The maximum Gasteiger partial charge on any atom is 0.333 e. The van der Waals surface area contributed by atoms with Gasteiger partial charge in [-0.25, -0.2) is 27.6 Å². The fourth-order valence-electron chi connectivity index (χ4n) is 5.16. The normalized spacial score (nSPS) is 16.8. The highest BCUT2D eigenvalue weighted by Crippen LogP contribution is 2.40. The standard InChI is InChI=1S/C25H26N6O5S/c1-15-10-16-4-3-5-19(16)23(22(15)17-6-8-30-9-7-26-21(30)11-17)28-25(32)29-37(33,34)20-12-27-31-13-18(35-2)14-36-24(20)31/h6-12,18H,3-5,13-14H2,1-2H3,(H2,28,29,32)/t18-/m0/s1. The van der Waals surface area contributed by atoms with Crippen molar-refractivity contribution >= 4 is 27.4 Å². The predicted octanol–water partition coefficient (Wildman–Crippen LogP) is 2.91. The smallest absolute Gasteiger partial charge is 0.333 e. The van der Waals surface area contributed by atoms with Crippen LogP contribution in [0.3, 0.4) is 0 Å². The predicted molar refractivity (Wildman–Crippen MR) is 135 cm³/mol. The average Bonchev–Trinajstić information content (AvgIpc) is 3.62. The van der Waals surface area contributed by atoms with E-state index in [1.807, 2.05) is 35.9 Å².